The lowest BCUT2D eigenvalue weighted by Gasteiger charge is -2.12. The number of carbonyl (C=O) groups excluding carboxylic acids is 1. The zero-order chi connectivity index (χ0) is 23.7. The van der Waals surface area contributed by atoms with E-state index in [1.54, 1.807) is 26.4 Å². The molecule has 0 bridgehead atoms. The van der Waals surface area contributed by atoms with E-state index in [0.29, 0.717) is 33.8 Å². The van der Waals surface area contributed by atoms with E-state index in [0.717, 1.165) is 11.1 Å². The van der Waals surface area contributed by atoms with Gasteiger partial charge in [-0.2, -0.15) is 4.98 Å². The van der Waals surface area contributed by atoms with Gasteiger partial charge in [0.1, 0.15) is 11.5 Å². The molecule has 2 amide bonds. The van der Waals surface area contributed by atoms with Crippen LogP contribution in [0.25, 0.3) is 22.2 Å². The van der Waals surface area contributed by atoms with Crippen molar-refractivity contribution in [1.29, 1.82) is 0 Å². The third-order valence-electron chi connectivity index (χ3n) is 5.18. The Hall–Kier alpha value is -4.27. The van der Waals surface area contributed by atoms with Crippen LogP contribution in [0.2, 0.25) is 0 Å². The predicted octanol–water partition coefficient (Wildman–Crippen LogP) is 4.44. The molecule has 8 nitrogen and oxygen atoms in total. The number of hydrogen-bond donors (Lipinski definition) is 3. The summed E-state index contributed by atoms with van der Waals surface area (Å²) < 4.78 is 15.9. The van der Waals surface area contributed by atoms with Gasteiger partial charge in [0, 0.05) is 36.9 Å². The highest BCUT2D eigenvalue weighted by Gasteiger charge is 2.14. The maximum atomic E-state index is 14.5. The molecule has 0 spiro atoms. The number of fused-ring (bicyclic) bond motifs is 1. The average molecular weight is 446 g/mol. The SMILES string of the molecule is CNc1ncc2cc(-c3ccc(F)c(NC(=O)Nc4cc(C)cc(C)c4)c3)c(=O)n(C)c2n1. The largest absolute Gasteiger partial charge is 0.357 e. The van der Waals surface area contributed by atoms with E-state index >= 15 is 0 Å². The summed E-state index contributed by atoms with van der Waals surface area (Å²) in [6, 6.07) is 10.8. The number of amides is 2. The van der Waals surface area contributed by atoms with Crippen LogP contribution < -0.4 is 21.5 Å². The highest BCUT2D eigenvalue weighted by molar-refractivity contribution is 6.00. The Morgan fingerprint density at radius 3 is 2.45 bits per heavy atom. The van der Waals surface area contributed by atoms with Crippen molar-refractivity contribution in [2.24, 2.45) is 7.05 Å². The molecule has 0 aliphatic heterocycles. The lowest BCUT2D eigenvalue weighted by Crippen LogP contribution is -2.21. The summed E-state index contributed by atoms with van der Waals surface area (Å²) in [7, 11) is 3.30. The quantitative estimate of drug-likeness (QED) is 0.430. The number of aromatic nitrogens is 3. The monoisotopic (exact) mass is 446 g/mol. The van der Waals surface area contributed by atoms with Crippen LogP contribution in [0, 0.1) is 19.7 Å². The summed E-state index contributed by atoms with van der Waals surface area (Å²) in [6.07, 6.45) is 1.61. The molecule has 2 heterocycles. The molecule has 33 heavy (non-hydrogen) atoms. The van der Waals surface area contributed by atoms with E-state index in [9.17, 15) is 14.0 Å². The first kappa shape index (κ1) is 21.9. The van der Waals surface area contributed by atoms with Gasteiger partial charge in [-0.3, -0.25) is 9.36 Å². The third-order valence-corrected chi connectivity index (χ3v) is 5.18. The standard InChI is InChI=1S/C24H23FN6O2/c1-13-7-14(2)9-17(8-13)28-24(33)29-20-11-15(5-6-19(20)25)18-10-16-12-27-23(26-3)30-21(16)31(4)22(18)32/h5-12H,1-4H3,(H,26,27,30)(H2,28,29,33). The van der Waals surface area contributed by atoms with Crippen LogP contribution in [0.4, 0.5) is 26.5 Å². The van der Waals surface area contributed by atoms with Crippen molar-refractivity contribution in [1.82, 2.24) is 14.5 Å². The second-order valence-corrected chi connectivity index (χ2v) is 7.79. The van der Waals surface area contributed by atoms with Crippen LogP contribution in [-0.4, -0.2) is 27.6 Å². The van der Waals surface area contributed by atoms with Gasteiger partial charge in [-0.25, -0.2) is 14.2 Å². The molecular formula is C24H23FN6O2. The van der Waals surface area contributed by atoms with Gasteiger partial charge in [0.15, 0.2) is 0 Å². The molecule has 0 saturated heterocycles. The fourth-order valence-electron chi connectivity index (χ4n) is 3.69. The Morgan fingerprint density at radius 1 is 1.03 bits per heavy atom. The number of hydrogen-bond acceptors (Lipinski definition) is 5. The molecule has 0 unspecified atom stereocenters. The van der Waals surface area contributed by atoms with Gasteiger partial charge in [0.05, 0.1) is 5.69 Å². The smallest absolute Gasteiger partial charge is 0.323 e. The second kappa shape index (κ2) is 8.70. The number of carbonyl (C=O) groups is 1. The van der Waals surface area contributed by atoms with Gasteiger partial charge in [-0.05, 0) is 60.9 Å². The average Bonchev–Trinajstić information content (AvgIpc) is 2.77. The third kappa shape index (κ3) is 4.52. The Labute approximate surface area is 189 Å². The molecule has 0 aliphatic carbocycles. The first-order valence-electron chi connectivity index (χ1n) is 10.3. The van der Waals surface area contributed by atoms with Gasteiger partial charge in [0.2, 0.25) is 5.95 Å². The summed E-state index contributed by atoms with van der Waals surface area (Å²) in [6.45, 7) is 3.85. The maximum Gasteiger partial charge on any atom is 0.323 e. The summed E-state index contributed by atoms with van der Waals surface area (Å²) >= 11 is 0. The molecule has 0 saturated carbocycles. The number of anilines is 3. The second-order valence-electron chi connectivity index (χ2n) is 7.79. The molecule has 0 atom stereocenters. The first-order valence-corrected chi connectivity index (χ1v) is 10.3. The van der Waals surface area contributed by atoms with Crippen LogP contribution in [0.3, 0.4) is 0 Å². The van der Waals surface area contributed by atoms with Crippen molar-refractivity contribution >= 4 is 34.4 Å². The molecule has 0 radical (unpaired) electrons. The zero-order valence-electron chi connectivity index (χ0n) is 18.7. The van der Waals surface area contributed by atoms with E-state index in [2.05, 4.69) is 25.9 Å². The van der Waals surface area contributed by atoms with Gasteiger partial charge < -0.3 is 16.0 Å². The van der Waals surface area contributed by atoms with Crippen LogP contribution in [-0.2, 0) is 7.05 Å². The number of nitrogens with zero attached hydrogens (tertiary/aromatic N) is 3. The van der Waals surface area contributed by atoms with Gasteiger partial charge in [0.25, 0.3) is 5.56 Å². The highest BCUT2D eigenvalue weighted by Crippen LogP contribution is 2.25. The van der Waals surface area contributed by atoms with Crippen molar-refractivity contribution < 1.29 is 9.18 Å². The molecule has 9 heteroatoms. The van der Waals surface area contributed by atoms with Gasteiger partial charge >= 0.3 is 6.03 Å². The number of nitrogens with one attached hydrogen (secondary N) is 3. The fourth-order valence-corrected chi connectivity index (χ4v) is 3.69. The Kier molecular flexibility index (Phi) is 5.78. The Balaban J connectivity index is 1.67. The summed E-state index contributed by atoms with van der Waals surface area (Å²) in [5.74, 6) is -0.220. The zero-order valence-corrected chi connectivity index (χ0v) is 18.7. The number of benzene rings is 2. The van der Waals surface area contributed by atoms with Crippen molar-refractivity contribution in [2.45, 2.75) is 13.8 Å². The molecule has 2 aromatic carbocycles. The first-order chi connectivity index (χ1) is 15.7. The van der Waals surface area contributed by atoms with E-state index < -0.39 is 11.8 Å². The minimum absolute atomic E-state index is 0.0432. The number of aryl methyl sites for hydroxylation is 3. The minimum atomic E-state index is -0.617. The lowest BCUT2D eigenvalue weighted by molar-refractivity contribution is 0.262. The topological polar surface area (TPSA) is 101 Å². The molecule has 168 valence electrons. The fraction of sp³-hybridized carbons (Fsp3) is 0.167. The molecule has 2 aromatic heterocycles. The van der Waals surface area contributed by atoms with Gasteiger partial charge in [-0.15, -0.1) is 0 Å². The molecule has 3 N–H and O–H groups in total. The van der Waals surface area contributed by atoms with Crippen LogP contribution in [0.5, 0.6) is 0 Å². The van der Waals surface area contributed by atoms with Crippen molar-refractivity contribution in [3.63, 3.8) is 0 Å². The molecule has 0 fully saturated rings. The van der Waals surface area contributed by atoms with Crippen molar-refractivity contribution in [2.75, 3.05) is 23.0 Å². The van der Waals surface area contributed by atoms with E-state index in [1.807, 2.05) is 32.0 Å². The normalized spacial score (nSPS) is 10.8. The lowest BCUT2D eigenvalue weighted by atomic mass is 10.1. The van der Waals surface area contributed by atoms with Crippen LogP contribution in [0.15, 0.2) is 53.5 Å². The van der Waals surface area contributed by atoms with E-state index in [-0.39, 0.29) is 11.2 Å². The minimum Gasteiger partial charge on any atom is -0.357 e. The Morgan fingerprint density at radius 2 is 1.76 bits per heavy atom. The van der Waals surface area contributed by atoms with E-state index in [4.69, 9.17) is 0 Å². The molecule has 4 rings (SSSR count). The maximum absolute atomic E-state index is 14.5. The van der Waals surface area contributed by atoms with Gasteiger partial charge in [-0.1, -0.05) is 12.1 Å². The van der Waals surface area contributed by atoms with Crippen LogP contribution >= 0.6 is 0 Å². The molecule has 0 aliphatic rings. The van der Waals surface area contributed by atoms with Crippen molar-refractivity contribution in [3.05, 3.63) is 76.0 Å². The predicted molar refractivity (Wildman–Crippen MR) is 128 cm³/mol. The molecule has 4 aromatic rings. The van der Waals surface area contributed by atoms with Crippen LogP contribution in [0.1, 0.15) is 11.1 Å². The summed E-state index contributed by atoms with van der Waals surface area (Å²) in [5, 5.41) is 8.73. The number of halogens is 1. The number of pyridine rings is 1. The van der Waals surface area contributed by atoms with E-state index in [1.165, 1.54) is 22.8 Å². The van der Waals surface area contributed by atoms with Crippen molar-refractivity contribution in [3.8, 4) is 11.1 Å². The number of rotatable bonds is 4. The Bertz CT molecular complexity index is 1430. The highest BCUT2D eigenvalue weighted by atomic mass is 19.1. The summed E-state index contributed by atoms with van der Waals surface area (Å²) in [5.41, 5.74) is 3.51. The number of urea groups is 1. The summed E-state index contributed by atoms with van der Waals surface area (Å²) in [4.78, 5) is 34.0. The molecular weight excluding hydrogens is 423 g/mol.